The van der Waals surface area contributed by atoms with Crippen LogP contribution >= 0.6 is 0 Å². The van der Waals surface area contributed by atoms with Crippen molar-refractivity contribution < 1.29 is 24.2 Å². The zero-order valence-electron chi connectivity index (χ0n) is 55.8. The highest BCUT2D eigenvalue weighted by molar-refractivity contribution is 5.69. The lowest BCUT2D eigenvalue weighted by molar-refractivity contribution is -0.145. The maximum absolute atomic E-state index is 13.0. The van der Waals surface area contributed by atoms with E-state index >= 15 is 0 Å². The van der Waals surface area contributed by atoms with Gasteiger partial charge in [-0.15, -0.1) is 0 Å². The van der Waals surface area contributed by atoms with E-state index in [2.05, 4.69) is 105 Å². The van der Waals surface area contributed by atoms with Gasteiger partial charge in [-0.1, -0.05) is 276 Å². The van der Waals surface area contributed by atoms with Crippen molar-refractivity contribution in [2.45, 2.75) is 327 Å². The average molecular weight is 1120 g/mol. The fourth-order valence-corrected chi connectivity index (χ4v) is 11.7. The summed E-state index contributed by atoms with van der Waals surface area (Å²) in [5.74, 6) is 6.77. The topological polar surface area (TPSA) is 91.3 Å². The summed E-state index contributed by atoms with van der Waals surface area (Å²) < 4.78 is 11.4. The summed E-state index contributed by atoms with van der Waals surface area (Å²) in [6.07, 6.45) is 45.0. The maximum atomic E-state index is 13.0. The molecule has 7 unspecified atom stereocenters. The van der Waals surface area contributed by atoms with Crippen LogP contribution in [0.3, 0.4) is 0 Å². The van der Waals surface area contributed by atoms with Gasteiger partial charge in [0.05, 0.1) is 32.2 Å². The molecule has 0 aromatic rings. The highest BCUT2D eigenvalue weighted by Crippen LogP contribution is 2.25. The van der Waals surface area contributed by atoms with Gasteiger partial charge in [0.15, 0.2) is 0 Å². The minimum Gasteiger partial charge on any atom is -0.466 e. The van der Waals surface area contributed by atoms with E-state index in [1.165, 1.54) is 186 Å². The van der Waals surface area contributed by atoms with E-state index in [0.717, 1.165) is 106 Å². The van der Waals surface area contributed by atoms with Crippen molar-refractivity contribution in [3.8, 4) is 0 Å². The van der Waals surface area contributed by atoms with E-state index in [9.17, 15) is 14.7 Å². The predicted molar refractivity (Wildman–Crippen MR) is 345 cm³/mol. The summed E-state index contributed by atoms with van der Waals surface area (Å²) in [6, 6.07) is 0. The first kappa shape index (κ1) is 77.8. The summed E-state index contributed by atoms with van der Waals surface area (Å²) in [5.41, 5.74) is 0. The van der Waals surface area contributed by atoms with E-state index in [-0.39, 0.29) is 18.0 Å². The van der Waals surface area contributed by atoms with Crippen molar-refractivity contribution >= 4 is 11.9 Å². The lowest BCUT2D eigenvalue weighted by atomic mass is 9.91. The van der Waals surface area contributed by atoms with Crippen LogP contribution in [-0.2, 0) is 19.1 Å². The number of aliphatic hydroxyl groups is 1. The Hall–Kier alpha value is -1.22. The second-order valence-electron chi connectivity index (χ2n) is 28.1. The number of hydrogen-bond donors (Lipinski definition) is 2. The zero-order valence-corrected chi connectivity index (χ0v) is 55.8. The second-order valence-corrected chi connectivity index (χ2v) is 28.1. The van der Waals surface area contributed by atoms with E-state index in [1.54, 1.807) is 0 Å². The first-order valence-corrected chi connectivity index (χ1v) is 35.0. The number of esters is 2. The van der Waals surface area contributed by atoms with Crippen LogP contribution in [0, 0.1) is 53.3 Å². The molecule has 0 spiro atoms. The van der Waals surface area contributed by atoms with E-state index in [4.69, 9.17) is 9.47 Å². The van der Waals surface area contributed by atoms with Gasteiger partial charge in [-0.05, 0) is 119 Å². The van der Waals surface area contributed by atoms with Gasteiger partial charge in [0.2, 0.25) is 0 Å². The third-order valence-electron chi connectivity index (χ3n) is 17.6. The number of carbonyl (C=O) groups excluding carboxylic acids is 2. The van der Waals surface area contributed by atoms with Gasteiger partial charge >= 0.3 is 11.9 Å². The van der Waals surface area contributed by atoms with Crippen LogP contribution in [-0.4, -0.2) is 99.0 Å². The van der Waals surface area contributed by atoms with Crippen molar-refractivity contribution in [1.29, 1.82) is 0 Å². The Balaban J connectivity index is 4.54. The van der Waals surface area contributed by atoms with Crippen LogP contribution in [0.2, 0.25) is 0 Å². The molecule has 0 saturated heterocycles. The number of hydrogen-bond acceptors (Lipinski definition) is 8. The molecule has 7 atom stereocenters. The van der Waals surface area contributed by atoms with Crippen LogP contribution in [0.4, 0.5) is 0 Å². The monoisotopic (exact) mass is 1120 g/mol. The molecular formula is C71H143N3O5. The molecule has 472 valence electrons. The second kappa shape index (κ2) is 54.7. The molecule has 0 aromatic carbocycles. The van der Waals surface area contributed by atoms with Gasteiger partial charge in [-0.25, -0.2) is 0 Å². The molecule has 0 aliphatic carbocycles. The van der Waals surface area contributed by atoms with Gasteiger partial charge in [0, 0.05) is 19.6 Å². The minimum atomic E-state index is -0.371. The molecule has 8 nitrogen and oxygen atoms in total. The van der Waals surface area contributed by atoms with Crippen molar-refractivity contribution in [3.05, 3.63) is 0 Å². The molecule has 0 amide bonds. The third kappa shape index (κ3) is 57.0. The predicted octanol–water partition coefficient (Wildman–Crippen LogP) is 19.5. The first-order chi connectivity index (χ1) is 37.9. The Morgan fingerprint density at radius 1 is 0.354 bits per heavy atom. The molecule has 0 radical (unpaired) electrons. The molecule has 0 aliphatic heterocycles. The summed E-state index contributed by atoms with van der Waals surface area (Å²) in [6.45, 7) is 35.0. The Morgan fingerprint density at radius 3 is 1.09 bits per heavy atom. The first-order valence-electron chi connectivity index (χ1n) is 35.0. The normalized spacial score (nSPS) is 14.9. The molecule has 0 rings (SSSR count). The molecule has 0 fully saturated rings. The summed E-state index contributed by atoms with van der Waals surface area (Å²) in [5, 5.41) is 14.6. The number of unbranched alkanes of at least 4 members (excludes halogenated alkanes) is 10. The lowest BCUT2D eigenvalue weighted by Crippen LogP contribution is -2.36. The summed E-state index contributed by atoms with van der Waals surface area (Å²) >= 11 is 0. The molecule has 0 saturated carbocycles. The van der Waals surface area contributed by atoms with Crippen molar-refractivity contribution in [3.63, 3.8) is 0 Å². The fraction of sp³-hybridized carbons (Fsp3) is 0.972. The quantitative estimate of drug-likeness (QED) is 0.0460. The molecule has 0 bridgehead atoms. The van der Waals surface area contributed by atoms with Crippen molar-refractivity contribution in [2.75, 3.05) is 66.1 Å². The largest absolute Gasteiger partial charge is 0.466 e. The maximum Gasteiger partial charge on any atom is 0.307 e. The highest BCUT2D eigenvalue weighted by atomic mass is 16.5. The number of nitrogens with zero attached hydrogens (tertiary/aromatic N) is 2. The van der Waals surface area contributed by atoms with Gasteiger partial charge in [0.25, 0.3) is 0 Å². The lowest BCUT2D eigenvalue weighted by Gasteiger charge is -2.26. The third-order valence-corrected chi connectivity index (χ3v) is 17.6. The fourth-order valence-electron chi connectivity index (χ4n) is 11.7. The standard InChI is InChI=1S/C71H143N3O5/c1-60(2)33-23-21-19-17-15-14-16-18-20-22-24-46-69(75)59-74(56-48-71(77)79-58-50-68(12)45-30-43-66(10)41-28-39-64(8)37-26-35-62(5)6)55-32-54-73(13)53-31-51-72-52-47-70(76)78-57-49-67(11)44-29-42-65(9)40-27-38-63(7)36-25-34-61(3)4/h60-69,72,75H,14-59H2,1-13H3. The molecule has 2 N–H and O–H groups in total. The van der Waals surface area contributed by atoms with Crippen LogP contribution in [0.1, 0.15) is 321 Å². The summed E-state index contributed by atoms with van der Waals surface area (Å²) in [4.78, 5) is 30.2. The summed E-state index contributed by atoms with van der Waals surface area (Å²) in [7, 11) is 2.18. The Bertz CT molecular complexity index is 1310. The Labute approximate surface area is 495 Å². The number of carbonyl (C=O) groups is 2. The van der Waals surface area contributed by atoms with Crippen molar-refractivity contribution in [2.24, 2.45) is 53.3 Å². The molecule has 0 heterocycles. The number of nitrogens with one attached hydrogen (secondary N) is 1. The van der Waals surface area contributed by atoms with Gasteiger partial charge in [0.1, 0.15) is 0 Å². The average Bonchev–Trinajstić information content (AvgIpc) is 3.37. The van der Waals surface area contributed by atoms with Gasteiger partial charge in [-0.3, -0.25) is 9.59 Å². The minimum absolute atomic E-state index is 0.0927. The molecule has 8 heteroatoms. The van der Waals surface area contributed by atoms with E-state index in [1.807, 2.05) is 0 Å². The smallest absolute Gasteiger partial charge is 0.307 e. The number of rotatable bonds is 60. The number of aliphatic hydroxyl groups excluding tert-OH is 1. The molecular weight excluding hydrogens is 975 g/mol. The number of ether oxygens (including phenoxy) is 2. The van der Waals surface area contributed by atoms with Crippen molar-refractivity contribution in [1.82, 2.24) is 15.1 Å². The SMILES string of the molecule is CC(C)CCCCCCCCCCCCCC(O)CN(CCCN(C)CCCNCCC(=O)OCCC(C)CCCC(C)CCCC(C)CCCC(C)C)CCC(=O)OCCC(C)CCCC(C)CCCC(C)CCCC(C)C. The van der Waals surface area contributed by atoms with Crippen LogP contribution in [0.25, 0.3) is 0 Å². The van der Waals surface area contributed by atoms with Crippen LogP contribution < -0.4 is 5.32 Å². The Morgan fingerprint density at radius 2 is 0.684 bits per heavy atom. The Kier molecular flexibility index (Phi) is 53.9. The molecule has 0 aliphatic rings. The van der Waals surface area contributed by atoms with E-state index in [0.29, 0.717) is 57.5 Å². The van der Waals surface area contributed by atoms with Gasteiger partial charge in [-0.2, -0.15) is 0 Å². The highest BCUT2D eigenvalue weighted by Gasteiger charge is 2.16. The zero-order chi connectivity index (χ0) is 58.7. The van der Waals surface area contributed by atoms with E-state index < -0.39 is 0 Å². The van der Waals surface area contributed by atoms with Crippen LogP contribution in [0.15, 0.2) is 0 Å². The molecule has 0 aromatic heterocycles. The van der Waals surface area contributed by atoms with Crippen LogP contribution in [0.5, 0.6) is 0 Å². The molecule has 79 heavy (non-hydrogen) atoms. The van der Waals surface area contributed by atoms with Gasteiger partial charge < -0.3 is 29.7 Å².